The van der Waals surface area contributed by atoms with Crippen LogP contribution < -0.4 is 15.4 Å². The van der Waals surface area contributed by atoms with Gasteiger partial charge < -0.3 is 15.2 Å². The molecule has 3 aliphatic rings. The van der Waals surface area contributed by atoms with E-state index in [0.717, 1.165) is 16.7 Å². The van der Waals surface area contributed by atoms with Gasteiger partial charge in [-0.2, -0.15) is 0 Å². The molecule has 9 heteroatoms. The summed E-state index contributed by atoms with van der Waals surface area (Å²) in [5.74, 6) is -3.34. The highest BCUT2D eigenvalue weighted by Gasteiger charge is 2.70. The van der Waals surface area contributed by atoms with Crippen molar-refractivity contribution in [3.63, 3.8) is 0 Å². The number of methoxy groups -OCH3 is 1. The number of hydrogen-bond acceptors (Lipinski definition) is 6. The monoisotopic (exact) mass is 477 g/mol. The Bertz CT molecular complexity index is 1260. The molecule has 5 rings (SSSR count). The number of ether oxygens (including phenoxy) is 1. The van der Waals surface area contributed by atoms with Crippen LogP contribution in [-0.2, 0) is 31.3 Å². The zero-order chi connectivity index (χ0) is 25.1. The molecule has 0 saturated carbocycles. The lowest BCUT2D eigenvalue weighted by molar-refractivity contribution is -0.144. The Balaban J connectivity index is 1.57. The zero-order valence-corrected chi connectivity index (χ0v) is 19.8. The number of imide groups is 1. The summed E-state index contributed by atoms with van der Waals surface area (Å²) in [6.07, 6.45) is -0.0561. The maximum absolute atomic E-state index is 13.8. The number of benzene rings is 2. The molecule has 0 bridgehead atoms. The molecule has 2 aromatic rings. The molecule has 1 spiro atoms. The third-order valence-electron chi connectivity index (χ3n) is 7.68. The van der Waals surface area contributed by atoms with E-state index in [0.29, 0.717) is 17.0 Å². The van der Waals surface area contributed by atoms with Gasteiger partial charge in [0.2, 0.25) is 17.7 Å². The van der Waals surface area contributed by atoms with Gasteiger partial charge in [-0.15, -0.1) is 0 Å². The van der Waals surface area contributed by atoms with Gasteiger partial charge in [-0.05, 0) is 49.1 Å². The number of fused-ring (bicyclic) bond motifs is 4. The number of aryl methyl sites for hydroxylation is 1. The first-order chi connectivity index (χ1) is 16.7. The minimum atomic E-state index is -1.43. The number of likely N-dealkylation sites (tertiary alicyclic amines) is 1. The van der Waals surface area contributed by atoms with Gasteiger partial charge in [-0.1, -0.05) is 24.3 Å². The number of carbonyl (C=O) groups is 4. The van der Waals surface area contributed by atoms with Crippen molar-refractivity contribution in [2.75, 3.05) is 12.4 Å². The van der Waals surface area contributed by atoms with Crippen LogP contribution in [0, 0.1) is 25.7 Å². The van der Waals surface area contributed by atoms with Crippen LogP contribution in [0.15, 0.2) is 36.4 Å². The van der Waals surface area contributed by atoms with Crippen LogP contribution in [-0.4, -0.2) is 46.8 Å². The zero-order valence-electron chi connectivity index (χ0n) is 19.8. The smallest absolute Gasteiger partial charge is 0.303 e. The average molecular weight is 478 g/mol. The van der Waals surface area contributed by atoms with Crippen molar-refractivity contribution in [1.29, 1.82) is 0 Å². The highest BCUT2D eigenvalue weighted by Crippen LogP contribution is 2.54. The molecule has 182 valence electrons. The molecule has 2 fully saturated rings. The molecular weight excluding hydrogens is 450 g/mol. The van der Waals surface area contributed by atoms with E-state index in [9.17, 15) is 24.3 Å². The highest BCUT2D eigenvalue weighted by atomic mass is 16.5. The third kappa shape index (κ3) is 3.33. The number of anilines is 1. The summed E-state index contributed by atoms with van der Waals surface area (Å²) in [6, 6.07) is 10.2. The van der Waals surface area contributed by atoms with Crippen molar-refractivity contribution in [1.82, 2.24) is 10.2 Å². The second-order valence-electron chi connectivity index (χ2n) is 9.49. The lowest BCUT2D eigenvalue weighted by Crippen LogP contribution is -2.53. The second kappa shape index (κ2) is 8.20. The van der Waals surface area contributed by atoms with Gasteiger partial charge in [0.05, 0.1) is 25.5 Å². The van der Waals surface area contributed by atoms with Crippen LogP contribution >= 0.6 is 0 Å². The fourth-order valence-electron chi connectivity index (χ4n) is 5.78. The van der Waals surface area contributed by atoms with E-state index < -0.39 is 35.3 Å². The first kappa shape index (κ1) is 23.0. The van der Waals surface area contributed by atoms with E-state index in [-0.39, 0.29) is 31.2 Å². The molecule has 35 heavy (non-hydrogen) atoms. The predicted molar refractivity (Wildman–Crippen MR) is 126 cm³/mol. The number of carbonyl (C=O) groups excluding carboxylic acids is 3. The van der Waals surface area contributed by atoms with E-state index in [1.54, 1.807) is 31.4 Å². The number of rotatable bonds is 6. The molecule has 3 aliphatic heterocycles. The van der Waals surface area contributed by atoms with Gasteiger partial charge in [0.1, 0.15) is 11.3 Å². The minimum Gasteiger partial charge on any atom is -0.497 e. The summed E-state index contributed by atoms with van der Waals surface area (Å²) in [5.41, 5.74) is 2.49. The Labute approximate surface area is 202 Å². The third-order valence-corrected chi connectivity index (χ3v) is 7.68. The molecule has 3 heterocycles. The number of aliphatic carboxylic acids is 1. The molecule has 2 aromatic carbocycles. The van der Waals surface area contributed by atoms with Crippen molar-refractivity contribution >= 4 is 29.4 Å². The minimum absolute atomic E-state index is 0.0673. The van der Waals surface area contributed by atoms with Crippen molar-refractivity contribution in [2.45, 2.75) is 44.8 Å². The van der Waals surface area contributed by atoms with Crippen LogP contribution in [0.5, 0.6) is 5.75 Å². The number of hydrogen-bond donors (Lipinski definition) is 3. The van der Waals surface area contributed by atoms with E-state index in [4.69, 9.17) is 4.74 Å². The normalized spacial score (nSPS) is 26.8. The van der Waals surface area contributed by atoms with Crippen LogP contribution in [0.3, 0.4) is 0 Å². The Morgan fingerprint density at radius 1 is 1.09 bits per heavy atom. The molecule has 4 atom stereocenters. The Hall–Kier alpha value is -3.72. The predicted octanol–water partition coefficient (Wildman–Crippen LogP) is 2.10. The molecule has 3 amide bonds. The van der Waals surface area contributed by atoms with Crippen molar-refractivity contribution in [3.05, 3.63) is 58.7 Å². The summed E-state index contributed by atoms with van der Waals surface area (Å²) < 4.78 is 5.18. The lowest BCUT2D eigenvalue weighted by atomic mass is 9.76. The fourth-order valence-corrected chi connectivity index (χ4v) is 5.78. The average Bonchev–Trinajstić information content (AvgIpc) is 3.41. The topological polar surface area (TPSA) is 125 Å². The molecule has 0 radical (unpaired) electrons. The highest BCUT2D eigenvalue weighted by molar-refractivity contribution is 6.15. The summed E-state index contributed by atoms with van der Waals surface area (Å²) in [7, 11) is 1.56. The molecule has 2 saturated heterocycles. The Kier molecular flexibility index (Phi) is 5.40. The number of amides is 3. The van der Waals surface area contributed by atoms with E-state index in [1.807, 2.05) is 26.0 Å². The quantitative estimate of drug-likeness (QED) is 0.544. The van der Waals surface area contributed by atoms with Gasteiger partial charge in [0, 0.05) is 23.7 Å². The Morgan fingerprint density at radius 2 is 1.80 bits per heavy atom. The van der Waals surface area contributed by atoms with Gasteiger partial charge in [0.15, 0.2) is 0 Å². The largest absolute Gasteiger partial charge is 0.497 e. The summed E-state index contributed by atoms with van der Waals surface area (Å²) >= 11 is 0. The second-order valence-corrected chi connectivity index (χ2v) is 9.49. The molecule has 0 aromatic heterocycles. The SMILES string of the molecule is COc1ccc(CN2C(=O)C3C(CCC(=O)O)NC4(C(=O)Nc5c4ccc(C)c5C)C3C2=O)cc1. The van der Waals surface area contributed by atoms with Gasteiger partial charge >= 0.3 is 5.97 Å². The lowest BCUT2D eigenvalue weighted by Gasteiger charge is -2.29. The van der Waals surface area contributed by atoms with E-state index in [1.165, 1.54) is 4.90 Å². The van der Waals surface area contributed by atoms with Gasteiger partial charge in [-0.3, -0.25) is 29.4 Å². The maximum atomic E-state index is 13.8. The number of carboxylic acids is 1. The number of nitrogens with one attached hydrogen (secondary N) is 2. The standard InChI is InChI=1S/C26H27N3O6/c1-13-4-9-17-22(14(13)2)27-25(34)26(17)21-20(18(28-26)10-11-19(30)31)23(32)29(24(21)33)12-15-5-7-16(35-3)8-6-15/h4-9,18,20-21,28H,10-12H2,1-3H3,(H,27,34)(H,30,31). The van der Waals surface area contributed by atoms with Crippen molar-refractivity contribution in [2.24, 2.45) is 11.8 Å². The Morgan fingerprint density at radius 3 is 2.46 bits per heavy atom. The molecule has 9 nitrogen and oxygen atoms in total. The van der Waals surface area contributed by atoms with Gasteiger partial charge in [0.25, 0.3) is 0 Å². The summed E-state index contributed by atoms with van der Waals surface area (Å²) in [6.45, 7) is 3.91. The first-order valence-corrected chi connectivity index (χ1v) is 11.6. The first-order valence-electron chi connectivity index (χ1n) is 11.6. The van der Waals surface area contributed by atoms with Crippen molar-refractivity contribution < 1.29 is 29.0 Å². The van der Waals surface area contributed by atoms with Crippen LogP contribution in [0.1, 0.15) is 35.1 Å². The maximum Gasteiger partial charge on any atom is 0.303 e. The van der Waals surface area contributed by atoms with E-state index >= 15 is 0 Å². The molecule has 3 N–H and O–H groups in total. The summed E-state index contributed by atoms with van der Waals surface area (Å²) in [5, 5.41) is 15.5. The van der Waals surface area contributed by atoms with Crippen LogP contribution in [0.4, 0.5) is 5.69 Å². The number of nitrogens with zero attached hydrogens (tertiary/aromatic N) is 1. The summed E-state index contributed by atoms with van der Waals surface area (Å²) in [4.78, 5) is 53.5. The van der Waals surface area contributed by atoms with Crippen molar-refractivity contribution in [3.8, 4) is 5.75 Å². The van der Waals surface area contributed by atoms with Gasteiger partial charge in [-0.25, -0.2) is 0 Å². The van der Waals surface area contributed by atoms with E-state index in [2.05, 4.69) is 10.6 Å². The molecule has 0 aliphatic carbocycles. The van der Waals surface area contributed by atoms with Crippen LogP contribution in [0.2, 0.25) is 0 Å². The number of carboxylic acid groups (broad SMARTS) is 1. The van der Waals surface area contributed by atoms with Crippen LogP contribution in [0.25, 0.3) is 0 Å². The molecule has 4 unspecified atom stereocenters. The fraction of sp³-hybridized carbons (Fsp3) is 0.385. The molecular formula is C26H27N3O6.